The normalized spacial score (nSPS) is 10.7. The van der Waals surface area contributed by atoms with Crippen LogP contribution in [0.4, 0.5) is 0 Å². The molecule has 0 spiro atoms. The van der Waals surface area contributed by atoms with E-state index in [9.17, 15) is 14.4 Å². The average molecular weight is 377 g/mol. The molecule has 0 unspecified atom stereocenters. The Morgan fingerprint density at radius 1 is 1.31 bits per heavy atom. The molecule has 2 aromatic rings. The standard InChI is InChI=1S/C18H23N3O4S/c1-4-6-9-21-16(23)13-8-7-12(17(24)25-3)10-14(13)20-18(21)26-11-15(22)19-5-2/h7-8,10H,4-6,9,11H2,1-3H3,(H,19,22). The predicted molar refractivity (Wildman–Crippen MR) is 102 cm³/mol. The van der Waals surface area contributed by atoms with Crippen LogP contribution in [0.1, 0.15) is 37.0 Å². The molecule has 0 saturated carbocycles. The third-order valence-corrected chi connectivity index (χ3v) is 4.76. The van der Waals surface area contributed by atoms with E-state index in [1.165, 1.54) is 18.9 Å². The van der Waals surface area contributed by atoms with E-state index in [4.69, 9.17) is 4.74 Å². The third kappa shape index (κ3) is 4.63. The first-order valence-electron chi connectivity index (χ1n) is 8.54. The van der Waals surface area contributed by atoms with Crippen LogP contribution in [0.5, 0.6) is 0 Å². The van der Waals surface area contributed by atoms with Gasteiger partial charge in [-0.05, 0) is 31.5 Å². The molecule has 1 aromatic heterocycles. The van der Waals surface area contributed by atoms with Crippen LogP contribution in [-0.4, -0.2) is 40.8 Å². The van der Waals surface area contributed by atoms with Gasteiger partial charge >= 0.3 is 5.97 Å². The van der Waals surface area contributed by atoms with Gasteiger partial charge in [0.2, 0.25) is 5.91 Å². The Morgan fingerprint density at radius 3 is 2.73 bits per heavy atom. The van der Waals surface area contributed by atoms with Crippen molar-refractivity contribution in [2.75, 3.05) is 19.4 Å². The molecule has 8 heteroatoms. The molecular weight excluding hydrogens is 354 g/mol. The molecule has 0 aliphatic heterocycles. The van der Waals surface area contributed by atoms with Crippen LogP contribution in [0.25, 0.3) is 10.9 Å². The van der Waals surface area contributed by atoms with E-state index in [0.29, 0.717) is 34.7 Å². The van der Waals surface area contributed by atoms with Gasteiger partial charge in [0.15, 0.2) is 5.16 Å². The zero-order chi connectivity index (χ0) is 19.1. The summed E-state index contributed by atoms with van der Waals surface area (Å²) in [5.74, 6) is -0.424. The van der Waals surface area contributed by atoms with E-state index in [-0.39, 0.29) is 17.2 Å². The van der Waals surface area contributed by atoms with Crippen molar-refractivity contribution in [3.8, 4) is 0 Å². The van der Waals surface area contributed by atoms with Crippen LogP contribution < -0.4 is 10.9 Å². The molecule has 1 heterocycles. The van der Waals surface area contributed by atoms with E-state index in [2.05, 4.69) is 10.3 Å². The summed E-state index contributed by atoms with van der Waals surface area (Å²) in [6.07, 6.45) is 1.77. The first-order chi connectivity index (χ1) is 12.5. The van der Waals surface area contributed by atoms with Gasteiger partial charge in [0.1, 0.15) is 0 Å². The van der Waals surface area contributed by atoms with Crippen LogP contribution >= 0.6 is 11.8 Å². The van der Waals surface area contributed by atoms with E-state index >= 15 is 0 Å². The van der Waals surface area contributed by atoms with E-state index in [1.54, 1.807) is 22.8 Å². The Balaban J connectivity index is 2.48. The van der Waals surface area contributed by atoms with Gasteiger partial charge in [-0.15, -0.1) is 0 Å². The zero-order valence-corrected chi connectivity index (χ0v) is 16.0. The molecular formula is C18H23N3O4S. The zero-order valence-electron chi connectivity index (χ0n) is 15.2. The fourth-order valence-electron chi connectivity index (χ4n) is 2.45. The number of unbranched alkanes of at least 4 members (excludes halogenated alkanes) is 1. The number of esters is 1. The summed E-state index contributed by atoms with van der Waals surface area (Å²) in [6.45, 7) is 4.98. The number of nitrogens with one attached hydrogen (secondary N) is 1. The van der Waals surface area contributed by atoms with Gasteiger partial charge in [0.25, 0.3) is 5.56 Å². The number of hydrogen-bond acceptors (Lipinski definition) is 6. The molecule has 0 aliphatic rings. The van der Waals surface area contributed by atoms with Gasteiger partial charge in [-0.1, -0.05) is 25.1 Å². The number of aromatic nitrogens is 2. The lowest BCUT2D eigenvalue weighted by Gasteiger charge is -2.13. The van der Waals surface area contributed by atoms with Crippen molar-refractivity contribution in [2.24, 2.45) is 0 Å². The van der Waals surface area contributed by atoms with Crippen LogP contribution in [0.2, 0.25) is 0 Å². The number of carbonyl (C=O) groups is 2. The molecule has 140 valence electrons. The minimum absolute atomic E-state index is 0.114. The largest absolute Gasteiger partial charge is 0.465 e. The van der Waals surface area contributed by atoms with Crippen molar-refractivity contribution >= 4 is 34.5 Å². The number of amides is 1. The lowest BCUT2D eigenvalue weighted by molar-refractivity contribution is -0.118. The molecule has 1 amide bonds. The summed E-state index contributed by atoms with van der Waals surface area (Å²) in [5, 5.41) is 3.64. The summed E-state index contributed by atoms with van der Waals surface area (Å²) in [4.78, 5) is 40.9. The van der Waals surface area contributed by atoms with Gasteiger partial charge in [0.05, 0.1) is 29.3 Å². The summed E-state index contributed by atoms with van der Waals surface area (Å²) in [6, 6.07) is 4.70. The number of benzene rings is 1. The van der Waals surface area contributed by atoms with Crippen molar-refractivity contribution < 1.29 is 14.3 Å². The molecule has 7 nitrogen and oxygen atoms in total. The fraction of sp³-hybridized carbons (Fsp3) is 0.444. The maximum Gasteiger partial charge on any atom is 0.337 e. The van der Waals surface area contributed by atoms with Crippen LogP contribution in [-0.2, 0) is 16.1 Å². The Bertz CT molecular complexity index is 863. The van der Waals surface area contributed by atoms with Gasteiger partial charge in [-0.25, -0.2) is 9.78 Å². The molecule has 0 aliphatic carbocycles. The Kier molecular flexibility index (Phi) is 7.20. The van der Waals surface area contributed by atoms with Crippen molar-refractivity contribution in [1.29, 1.82) is 0 Å². The Labute approximate surface area is 156 Å². The number of nitrogens with zero attached hydrogens (tertiary/aromatic N) is 2. The number of hydrogen-bond donors (Lipinski definition) is 1. The molecule has 0 radical (unpaired) electrons. The maximum absolute atomic E-state index is 12.9. The second-order valence-electron chi connectivity index (χ2n) is 5.67. The second-order valence-corrected chi connectivity index (χ2v) is 6.61. The maximum atomic E-state index is 12.9. The molecule has 1 N–H and O–H groups in total. The van der Waals surface area contributed by atoms with Crippen LogP contribution in [0.3, 0.4) is 0 Å². The second kappa shape index (κ2) is 9.38. The van der Waals surface area contributed by atoms with E-state index in [1.807, 2.05) is 13.8 Å². The third-order valence-electron chi connectivity index (χ3n) is 3.78. The lowest BCUT2D eigenvalue weighted by Crippen LogP contribution is -2.27. The first-order valence-corrected chi connectivity index (χ1v) is 9.52. The van der Waals surface area contributed by atoms with Crippen molar-refractivity contribution in [2.45, 2.75) is 38.4 Å². The highest BCUT2D eigenvalue weighted by molar-refractivity contribution is 7.99. The molecule has 26 heavy (non-hydrogen) atoms. The van der Waals surface area contributed by atoms with Gasteiger partial charge in [0, 0.05) is 13.1 Å². The van der Waals surface area contributed by atoms with Gasteiger partial charge in [-0.3, -0.25) is 14.2 Å². The van der Waals surface area contributed by atoms with Gasteiger partial charge in [-0.2, -0.15) is 0 Å². The SMILES string of the molecule is CCCCn1c(SCC(=O)NCC)nc2cc(C(=O)OC)ccc2c1=O. The minimum Gasteiger partial charge on any atom is -0.465 e. The number of ether oxygens (including phenoxy) is 1. The summed E-state index contributed by atoms with van der Waals surface area (Å²) >= 11 is 1.22. The summed E-state index contributed by atoms with van der Waals surface area (Å²) < 4.78 is 6.32. The number of fused-ring (bicyclic) bond motifs is 1. The molecule has 0 atom stereocenters. The fourth-order valence-corrected chi connectivity index (χ4v) is 3.30. The van der Waals surface area contributed by atoms with Gasteiger partial charge < -0.3 is 10.1 Å². The Hall–Kier alpha value is -2.35. The lowest BCUT2D eigenvalue weighted by atomic mass is 10.1. The van der Waals surface area contributed by atoms with Crippen molar-refractivity contribution in [3.63, 3.8) is 0 Å². The monoisotopic (exact) mass is 377 g/mol. The molecule has 1 aromatic carbocycles. The van der Waals surface area contributed by atoms with Crippen LogP contribution in [0, 0.1) is 0 Å². The highest BCUT2D eigenvalue weighted by Gasteiger charge is 2.15. The number of carbonyl (C=O) groups excluding carboxylic acids is 2. The molecule has 0 bridgehead atoms. The molecule has 2 rings (SSSR count). The highest BCUT2D eigenvalue weighted by Crippen LogP contribution is 2.19. The van der Waals surface area contributed by atoms with E-state index in [0.717, 1.165) is 12.8 Å². The van der Waals surface area contributed by atoms with Crippen molar-refractivity contribution in [3.05, 3.63) is 34.1 Å². The summed E-state index contributed by atoms with van der Waals surface area (Å²) in [7, 11) is 1.30. The first kappa shape index (κ1) is 20.0. The number of rotatable bonds is 8. The minimum atomic E-state index is -0.486. The average Bonchev–Trinajstić information content (AvgIpc) is 2.65. The summed E-state index contributed by atoms with van der Waals surface area (Å²) in [5.41, 5.74) is 0.584. The molecule has 0 fully saturated rings. The molecule has 0 saturated heterocycles. The number of methoxy groups -OCH3 is 1. The Morgan fingerprint density at radius 2 is 2.08 bits per heavy atom. The van der Waals surface area contributed by atoms with Crippen LogP contribution in [0.15, 0.2) is 28.2 Å². The topological polar surface area (TPSA) is 90.3 Å². The highest BCUT2D eigenvalue weighted by atomic mass is 32.2. The quantitative estimate of drug-likeness (QED) is 0.431. The predicted octanol–water partition coefficient (Wildman–Crippen LogP) is 2.21. The smallest absolute Gasteiger partial charge is 0.337 e. The number of thioether (sulfide) groups is 1. The van der Waals surface area contributed by atoms with Crippen molar-refractivity contribution in [1.82, 2.24) is 14.9 Å². The van der Waals surface area contributed by atoms with E-state index < -0.39 is 5.97 Å².